The number of hydrogen-bond donors (Lipinski definition) is 2. The average molecular weight is 293 g/mol. The van der Waals surface area contributed by atoms with Gasteiger partial charge in [0.2, 0.25) is 0 Å². The molecule has 18 heavy (non-hydrogen) atoms. The van der Waals surface area contributed by atoms with Crippen molar-refractivity contribution in [2.75, 3.05) is 6.54 Å². The lowest BCUT2D eigenvalue weighted by Crippen LogP contribution is -2.54. The fourth-order valence-corrected chi connectivity index (χ4v) is 1.98. The zero-order valence-electron chi connectivity index (χ0n) is 9.71. The summed E-state index contributed by atoms with van der Waals surface area (Å²) in [5.74, 6) is -0.805. The fraction of sp³-hybridized carbons (Fsp3) is 0.417. The minimum Gasteiger partial charge on any atom is -0.350 e. The van der Waals surface area contributed by atoms with Gasteiger partial charge in [-0.1, -0.05) is 11.6 Å². The number of benzene rings is 1. The number of nitrogens with one attached hydrogen (secondary N) is 1. The van der Waals surface area contributed by atoms with Crippen molar-refractivity contribution in [3.63, 3.8) is 0 Å². The topological polar surface area (TPSA) is 55.1 Å². The second kappa shape index (κ2) is 5.87. The van der Waals surface area contributed by atoms with E-state index in [1.54, 1.807) is 0 Å². The molecule has 1 aliphatic rings. The molecule has 6 heteroatoms. The van der Waals surface area contributed by atoms with Crippen molar-refractivity contribution in [2.45, 2.75) is 24.8 Å². The maximum Gasteiger partial charge on any atom is 0.251 e. The van der Waals surface area contributed by atoms with Gasteiger partial charge >= 0.3 is 0 Å². The molecule has 3 N–H and O–H groups in total. The Morgan fingerprint density at radius 2 is 2.17 bits per heavy atom. The molecule has 2 rings (SSSR count). The number of rotatable bonds is 3. The number of amides is 1. The Morgan fingerprint density at radius 3 is 2.67 bits per heavy atom. The molecule has 0 aromatic heterocycles. The fourth-order valence-electron chi connectivity index (χ4n) is 1.80. The summed E-state index contributed by atoms with van der Waals surface area (Å²) in [5.41, 5.74) is 6.06. The highest BCUT2D eigenvalue weighted by molar-refractivity contribution is 6.31. The zero-order valence-corrected chi connectivity index (χ0v) is 11.3. The Hall–Kier alpha value is -0.840. The molecule has 1 aromatic carbocycles. The quantitative estimate of drug-likeness (QED) is 0.899. The Morgan fingerprint density at radius 1 is 1.50 bits per heavy atom. The first-order valence-electron chi connectivity index (χ1n) is 5.52. The van der Waals surface area contributed by atoms with Gasteiger partial charge < -0.3 is 11.1 Å². The van der Waals surface area contributed by atoms with Crippen LogP contribution in [-0.4, -0.2) is 18.0 Å². The molecule has 1 fully saturated rings. The van der Waals surface area contributed by atoms with Crippen LogP contribution in [0.5, 0.6) is 0 Å². The van der Waals surface area contributed by atoms with Gasteiger partial charge in [-0.15, -0.1) is 12.4 Å². The lowest BCUT2D eigenvalue weighted by molar-refractivity contribution is 0.0930. The van der Waals surface area contributed by atoms with Gasteiger partial charge in [0.1, 0.15) is 5.82 Å². The Balaban J connectivity index is 0.00000162. The predicted molar refractivity (Wildman–Crippen MR) is 71.8 cm³/mol. The maximum absolute atomic E-state index is 12.9. The summed E-state index contributed by atoms with van der Waals surface area (Å²) in [4.78, 5) is 11.7. The summed E-state index contributed by atoms with van der Waals surface area (Å²) in [6.45, 7) is 0.445. The van der Waals surface area contributed by atoms with Gasteiger partial charge in [-0.3, -0.25) is 4.79 Å². The van der Waals surface area contributed by atoms with Crippen LogP contribution in [0.1, 0.15) is 29.6 Å². The number of halogens is 3. The van der Waals surface area contributed by atoms with Gasteiger partial charge in [0.05, 0.1) is 5.02 Å². The highest BCUT2D eigenvalue weighted by Crippen LogP contribution is 2.28. The molecular formula is C12H15Cl2FN2O. The molecule has 1 aliphatic carbocycles. The van der Waals surface area contributed by atoms with Crippen LogP contribution >= 0.6 is 24.0 Å². The molecule has 0 atom stereocenters. The van der Waals surface area contributed by atoms with Gasteiger partial charge in [0.25, 0.3) is 5.91 Å². The van der Waals surface area contributed by atoms with E-state index in [9.17, 15) is 9.18 Å². The van der Waals surface area contributed by atoms with E-state index >= 15 is 0 Å². The van der Waals surface area contributed by atoms with E-state index in [1.807, 2.05) is 0 Å². The first-order chi connectivity index (χ1) is 8.00. The molecule has 0 unspecified atom stereocenters. The summed E-state index contributed by atoms with van der Waals surface area (Å²) in [6.07, 6.45) is 2.96. The zero-order chi connectivity index (χ0) is 12.5. The minimum absolute atomic E-state index is 0. The van der Waals surface area contributed by atoms with Crippen LogP contribution in [0.2, 0.25) is 5.02 Å². The van der Waals surface area contributed by atoms with Crippen molar-refractivity contribution in [2.24, 2.45) is 5.73 Å². The summed E-state index contributed by atoms with van der Waals surface area (Å²) in [6, 6.07) is 3.90. The van der Waals surface area contributed by atoms with E-state index in [1.165, 1.54) is 18.2 Å². The largest absolute Gasteiger partial charge is 0.350 e. The van der Waals surface area contributed by atoms with E-state index in [-0.39, 0.29) is 28.9 Å². The van der Waals surface area contributed by atoms with Crippen molar-refractivity contribution >= 4 is 29.9 Å². The molecule has 1 aromatic rings. The third-order valence-electron chi connectivity index (χ3n) is 3.13. The van der Waals surface area contributed by atoms with Gasteiger partial charge in [-0.25, -0.2) is 4.39 Å². The van der Waals surface area contributed by atoms with Gasteiger partial charge in [-0.2, -0.15) is 0 Å². The van der Waals surface area contributed by atoms with E-state index < -0.39 is 5.82 Å². The highest BCUT2D eigenvalue weighted by Gasteiger charge is 2.32. The van der Waals surface area contributed by atoms with Crippen molar-refractivity contribution in [3.8, 4) is 0 Å². The van der Waals surface area contributed by atoms with Crippen LogP contribution < -0.4 is 11.1 Å². The Bertz CT molecular complexity index is 450. The molecule has 3 nitrogen and oxygen atoms in total. The SMILES string of the molecule is Cl.NC1(CNC(=O)c2ccc(F)c(Cl)c2)CCC1. The molecule has 0 aliphatic heterocycles. The molecule has 0 spiro atoms. The maximum atomic E-state index is 12.9. The standard InChI is InChI=1S/C12H14ClFN2O.ClH/c13-9-6-8(2-3-10(9)14)11(17)16-7-12(15)4-1-5-12;/h2-3,6H,1,4-5,7,15H2,(H,16,17);1H. The smallest absolute Gasteiger partial charge is 0.251 e. The second-order valence-corrected chi connectivity index (χ2v) is 4.93. The van der Waals surface area contributed by atoms with Crippen LogP contribution in [0.25, 0.3) is 0 Å². The third-order valence-corrected chi connectivity index (χ3v) is 3.42. The van der Waals surface area contributed by atoms with Crippen molar-refractivity contribution in [1.82, 2.24) is 5.32 Å². The van der Waals surface area contributed by atoms with Crippen LogP contribution in [0.4, 0.5) is 4.39 Å². The van der Waals surface area contributed by atoms with Gasteiger partial charge in [0.15, 0.2) is 0 Å². The van der Waals surface area contributed by atoms with E-state index in [2.05, 4.69) is 5.32 Å². The third kappa shape index (κ3) is 3.34. The minimum atomic E-state index is -0.530. The molecular weight excluding hydrogens is 278 g/mol. The van der Waals surface area contributed by atoms with Crippen LogP contribution in [-0.2, 0) is 0 Å². The summed E-state index contributed by atoms with van der Waals surface area (Å²) in [7, 11) is 0. The number of nitrogens with two attached hydrogens (primary N) is 1. The first-order valence-corrected chi connectivity index (χ1v) is 5.90. The Labute approximate surface area is 116 Å². The monoisotopic (exact) mass is 292 g/mol. The summed E-state index contributed by atoms with van der Waals surface area (Å²) in [5, 5.41) is 2.69. The number of hydrogen-bond acceptors (Lipinski definition) is 2. The van der Waals surface area contributed by atoms with Crippen molar-refractivity contribution in [1.29, 1.82) is 0 Å². The van der Waals surface area contributed by atoms with Crippen molar-refractivity contribution < 1.29 is 9.18 Å². The van der Waals surface area contributed by atoms with E-state index in [4.69, 9.17) is 17.3 Å². The van der Waals surface area contributed by atoms with Gasteiger partial charge in [0, 0.05) is 17.6 Å². The normalized spacial score (nSPS) is 16.4. The van der Waals surface area contributed by atoms with E-state index in [0.717, 1.165) is 19.3 Å². The van der Waals surface area contributed by atoms with Crippen molar-refractivity contribution in [3.05, 3.63) is 34.6 Å². The number of carbonyl (C=O) groups excluding carboxylic acids is 1. The lowest BCUT2D eigenvalue weighted by atomic mass is 9.78. The highest BCUT2D eigenvalue weighted by atomic mass is 35.5. The lowest BCUT2D eigenvalue weighted by Gasteiger charge is -2.38. The molecule has 0 radical (unpaired) electrons. The average Bonchev–Trinajstić information content (AvgIpc) is 2.27. The molecule has 100 valence electrons. The van der Waals surface area contributed by atoms with Crippen LogP contribution in [0, 0.1) is 5.82 Å². The van der Waals surface area contributed by atoms with E-state index in [0.29, 0.717) is 12.1 Å². The Kier molecular flexibility index (Phi) is 4.96. The van der Waals surface area contributed by atoms with Crippen LogP contribution in [0.3, 0.4) is 0 Å². The molecule has 0 saturated heterocycles. The predicted octanol–water partition coefficient (Wildman–Crippen LogP) is 2.51. The summed E-state index contributed by atoms with van der Waals surface area (Å²) >= 11 is 5.61. The molecule has 0 heterocycles. The molecule has 1 amide bonds. The molecule has 1 saturated carbocycles. The second-order valence-electron chi connectivity index (χ2n) is 4.53. The van der Waals surface area contributed by atoms with Crippen LogP contribution in [0.15, 0.2) is 18.2 Å². The first kappa shape index (κ1) is 15.2. The molecule has 0 bridgehead atoms. The van der Waals surface area contributed by atoms with Gasteiger partial charge in [-0.05, 0) is 37.5 Å². The summed E-state index contributed by atoms with van der Waals surface area (Å²) < 4.78 is 12.9. The number of carbonyl (C=O) groups is 1.